The van der Waals surface area contributed by atoms with E-state index in [1.165, 1.54) is 6.26 Å². The van der Waals surface area contributed by atoms with Crippen LogP contribution in [0.1, 0.15) is 26.5 Å². The first-order valence-corrected chi connectivity index (χ1v) is 9.09. The minimum absolute atomic E-state index is 0.0520. The number of nitrogens with one attached hydrogen (secondary N) is 3. The summed E-state index contributed by atoms with van der Waals surface area (Å²) in [5, 5.41) is 8.57. The van der Waals surface area contributed by atoms with Gasteiger partial charge in [0.05, 0.1) is 34.6 Å². The van der Waals surface area contributed by atoms with Crippen molar-refractivity contribution in [1.82, 2.24) is 10.6 Å². The second-order valence-electron chi connectivity index (χ2n) is 5.70. The summed E-state index contributed by atoms with van der Waals surface area (Å²) in [5.74, 6) is -0.108. The zero-order valence-corrected chi connectivity index (χ0v) is 16.1. The van der Waals surface area contributed by atoms with Gasteiger partial charge in [0, 0.05) is 0 Å². The summed E-state index contributed by atoms with van der Waals surface area (Å²) < 4.78 is 5.20. The third-order valence-corrected chi connectivity index (χ3v) is 4.30. The van der Waals surface area contributed by atoms with E-state index < -0.39 is 5.91 Å². The van der Waals surface area contributed by atoms with E-state index in [9.17, 15) is 9.59 Å². The molecule has 0 aliphatic heterocycles. The fourth-order valence-electron chi connectivity index (χ4n) is 2.44. The standard InChI is InChI=1S/C20H16ClN3O3S/c21-16-9-3-1-7-14(16)19(26)24-20(28)23-17-10-4-2-8-15(17)18(25)22-12-13-6-5-11-27-13/h1-11H,12H2,(H,22,25)(H2,23,24,26,28). The van der Waals surface area contributed by atoms with Gasteiger partial charge in [-0.3, -0.25) is 14.9 Å². The van der Waals surface area contributed by atoms with E-state index in [0.717, 1.165) is 0 Å². The quantitative estimate of drug-likeness (QED) is 0.551. The van der Waals surface area contributed by atoms with E-state index in [2.05, 4.69) is 16.0 Å². The minimum Gasteiger partial charge on any atom is -0.467 e. The maximum atomic E-state index is 12.5. The van der Waals surface area contributed by atoms with Gasteiger partial charge in [0.2, 0.25) is 0 Å². The summed E-state index contributed by atoms with van der Waals surface area (Å²) in [5.41, 5.74) is 1.14. The molecule has 3 rings (SSSR count). The third-order valence-electron chi connectivity index (χ3n) is 3.77. The Bertz CT molecular complexity index is 1010. The highest BCUT2D eigenvalue weighted by atomic mass is 35.5. The largest absolute Gasteiger partial charge is 0.467 e. The van der Waals surface area contributed by atoms with Crippen molar-refractivity contribution in [2.45, 2.75) is 6.54 Å². The Kier molecular flexibility index (Phi) is 6.41. The van der Waals surface area contributed by atoms with Crippen molar-refractivity contribution in [1.29, 1.82) is 0 Å². The predicted octanol–water partition coefficient (Wildman–Crippen LogP) is 3.99. The summed E-state index contributed by atoms with van der Waals surface area (Å²) in [7, 11) is 0. The van der Waals surface area contributed by atoms with Crippen LogP contribution in [0.25, 0.3) is 0 Å². The molecule has 1 heterocycles. The number of thiocarbonyl (C=S) groups is 1. The van der Waals surface area contributed by atoms with Crippen LogP contribution in [0.5, 0.6) is 0 Å². The zero-order chi connectivity index (χ0) is 19.9. The lowest BCUT2D eigenvalue weighted by molar-refractivity contribution is 0.0947. The van der Waals surface area contributed by atoms with E-state index >= 15 is 0 Å². The Morgan fingerprint density at radius 1 is 0.929 bits per heavy atom. The Morgan fingerprint density at radius 3 is 2.36 bits per heavy atom. The molecule has 28 heavy (non-hydrogen) atoms. The number of furan rings is 1. The molecule has 0 atom stereocenters. The number of carbonyl (C=O) groups is 2. The van der Waals surface area contributed by atoms with Crippen molar-refractivity contribution in [3.63, 3.8) is 0 Å². The summed E-state index contributed by atoms with van der Waals surface area (Å²) in [6.45, 7) is 0.258. The topological polar surface area (TPSA) is 83.4 Å². The highest BCUT2D eigenvalue weighted by Gasteiger charge is 2.15. The van der Waals surface area contributed by atoms with Crippen LogP contribution in [0, 0.1) is 0 Å². The average molecular weight is 414 g/mol. The van der Waals surface area contributed by atoms with Gasteiger partial charge in [0.25, 0.3) is 11.8 Å². The fourth-order valence-corrected chi connectivity index (χ4v) is 2.86. The monoisotopic (exact) mass is 413 g/mol. The van der Waals surface area contributed by atoms with Gasteiger partial charge in [-0.05, 0) is 48.6 Å². The SMILES string of the molecule is O=C(NC(=S)Nc1ccccc1C(=O)NCc1ccco1)c1ccccc1Cl. The highest BCUT2D eigenvalue weighted by molar-refractivity contribution is 7.80. The molecule has 3 aromatic rings. The zero-order valence-electron chi connectivity index (χ0n) is 14.6. The van der Waals surface area contributed by atoms with Crippen molar-refractivity contribution in [2.75, 3.05) is 5.32 Å². The summed E-state index contributed by atoms with van der Waals surface area (Å²) in [6.07, 6.45) is 1.54. The number of hydrogen-bond donors (Lipinski definition) is 3. The molecule has 2 aromatic carbocycles. The van der Waals surface area contributed by atoms with Crippen LogP contribution in [0.15, 0.2) is 71.3 Å². The van der Waals surface area contributed by atoms with Crippen LogP contribution in [0.3, 0.4) is 0 Å². The van der Waals surface area contributed by atoms with Crippen LogP contribution in [-0.4, -0.2) is 16.9 Å². The summed E-state index contributed by atoms with van der Waals surface area (Å²) >= 11 is 11.2. The van der Waals surface area contributed by atoms with Gasteiger partial charge < -0.3 is 15.1 Å². The molecule has 1 aromatic heterocycles. The van der Waals surface area contributed by atoms with Crippen LogP contribution in [0.2, 0.25) is 5.02 Å². The molecule has 2 amide bonds. The number of anilines is 1. The molecule has 142 valence electrons. The number of para-hydroxylation sites is 1. The van der Waals surface area contributed by atoms with Crippen LogP contribution < -0.4 is 16.0 Å². The van der Waals surface area contributed by atoms with Gasteiger partial charge in [-0.15, -0.1) is 0 Å². The van der Waals surface area contributed by atoms with E-state index in [0.29, 0.717) is 27.6 Å². The van der Waals surface area contributed by atoms with Crippen LogP contribution >= 0.6 is 23.8 Å². The molecule has 0 bridgehead atoms. The molecule has 6 nitrogen and oxygen atoms in total. The first kappa shape index (κ1) is 19.6. The molecule has 0 unspecified atom stereocenters. The van der Waals surface area contributed by atoms with Gasteiger partial charge in [0.15, 0.2) is 5.11 Å². The maximum absolute atomic E-state index is 12.5. The fraction of sp³-hybridized carbons (Fsp3) is 0.0500. The van der Waals surface area contributed by atoms with Crippen LogP contribution in [0.4, 0.5) is 5.69 Å². The molecule has 0 spiro atoms. The highest BCUT2D eigenvalue weighted by Crippen LogP contribution is 2.17. The Hall–Kier alpha value is -3.16. The Morgan fingerprint density at radius 2 is 1.64 bits per heavy atom. The lowest BCUT2D eigenvalue weighted by atomic mass is 10.1. The normalized spacial score (nSPS) is 10.2. The maximum Gasteiger partial charge on any atom is 0.258 e. The lowest BCUT2D eigenvalue weighted by Gasteiger charge is -2.13. The van der Waals surface area contributed by atoms with E-state index in [-0.39, 0.29) is 17.6 Å². The molecule has 3 N–H and O–H groups in total. The molecule has 8 heteroatoms. The first-order valence-electron chi connectivity index (χ1n) is 8.31. The lowest BCUT2D eigenvalue weighted by Crippen LogP contribution is -2.35. The Balaban J connectivity index is 1.65. The smallest absolute Gasteiger partial charge is 0.258 e. The summed E-state index contributed by atoms with van der Waals surface area (Å²) in [6, 6.07) is 17.0. The van der Waals surface area contributed by atoms with E-state index in [1.54, 1.807) is 60.7 Å². The van der Waals surface area contributed by atoms with Crippen molar-refractivity contribution < 1.29 is 14.0 Å². The molecule has 0 aliphatic carbocycles. The molecule has 0 saturated carbocycles. The second kappa shape index (κ2) is 9.16. The second-order valence-corrected chi connectivity index (χ2v) is 6.51. The molecule has 0 saturated heterocycles. The van der Waals surface area contributed by atoms with Gasteiger partial charge in [-0.1, -0.05) is 35.9 Å². The molecular formula is C20H16ClN3O3S. The van der Waals surface area contributed by atoms with Gasteiger partial charge in [0.1, 0.15) is 5.76 Å². The Labute approximate surface area is 171 Å². The van der Waals surface area contributed by atoms with Gasteiger partial charge in [-0.2, -0.15) is 0 Å². The van der Waals surface area contributed by atoms with E-state index in [1.807, 2.05) is 0 Å². The van der Waals surface area contributed by atoms with Crippen LogP contribution in [-0.2, 0) is 6.54 Å². The van der Waals surface area contributed by atoms with Crippen molar-refractivity contribution in [2.24, 2.45) is 0 Å². The molecule has 0 aliphatic rings. The first-order chi connectivity index (χ1) is 13.5. The van der Waals surface area contributed by atoms with Gasteiger partial charge >= 0.3 is 0 Å². The molecule has 0 fully saturated rings. The van der Waals surface area contributed by atoms with Crippen molar-refractivity contribution in [3.05, 3.63) is 88.8 Å². The number of hydrogen-bond acceptors (Lipinski definition) is 4. The number of halogens is 1. The number of carbonyl (C=O) groups excluding carboxylic acids is 2. The number of amides is 2. The predicted molar refractivity (Wildman–Crippen MR) is 111 cm³/mol. The molecule has 0 radical (unpaired) electrons. The number of benzene rings is 2. The third kappa shape index (κ3) is 4.97. The van der Waals surface area contributed by atoms with Crippen molar-refractivity contribution in [3.8, 4) is 0 Å². The number of rotatable bonds is 5. The van der Waals surface area contributed by atoms with E-state index in [4.69, 9.17) is 28.2 Å². The minimum atomic E-state index is -0.442. The molecular weight excluding hydrogens is 398 g/mol. The average Bonchev–Trinajstić information content (AvgIpc) is 3.20. The van der Waals surface area contributed by atoms with Crippen molar-refractivity contribution >= 4 is 46.4 Å². The summed E-state index contributed by atoms with van der Waals surface area (Å²) in [4.78, 5) is 24.8. The van der Waals surface area contributed by atoms with Gasteiger partial charge in [-0.25, -0.2) is 0 Å².